The van der Waals surface area contributed by atoms with Crippen LogP contribution in [0.15, 0.2) is 18.3 Å². The number of hydrogen-bond acceptors (Lipinski definition) is 9. The number of fused-ring (bicyclic) bond motifs is 1. The Labute approximate surface area is 222 Å². The number of rotatable bonds is 10. The molecule has 0 aliphatic carbocycles. The van der Waals surface area contributed by atoms with E-state index in [1.165, 1.54) is 20.3 Å². The molecule has 3 heterocycles. The maximum Gasteiger partial charge on any atom is 0.223 e. The molecule has 1 saturated heterocycles. The quantitative estimate of drug-likeness (QED) is 0.356. The van der Waals surface area contributed by atoms with Crippen molar-refractivity contribution in [2.45, 2.75) is 26.7 Å². The van der Waals surface area contributed by atoms with E-state index >= 15 is 8.78 Å². The molecule has 0 saturated carbocycles. The zero-order chi connectivity index (χ0) is 27.7. The van der Waals surface area contributed by atoms with E-state index in [9.17, 15) is 0 Å². The Morgan fingerprint density at radius 3 is 2.32 bits per heavy atom. The number of anilines is 2. The van der Waals surface area contributed by atoms with Crippen molar-refractivity contribution in [2.75, 3.05) is 71.8 Å². The van der Waals surface area contributed by atoms with Crippen LogP contribution in [0.1, 0.15) is 26.7 Å². The summed E-state index contributed by atoms with van der Waals surface area (Å²) >= 11 is 0. The van der Waals surface area contributed by atoms with Crippen molar-refractivity contribution in [3.8, 4) is 22.8 Å². The van der Waals surface area contributed by atoms with Gasteiger partial charge in [-0.3, -0.25) is 0 Å². The molecule has 0 spiro atoms. The van der Waals surface area contributed by atoms with Crippen LogP contribution in [0.5, 0.6) is 11.5 Å². The molecule has 0 amide bonds. The van der Waals surface area contributed by atoms with Crippen LogP contribution in [0, 0.1) is 17.6 Å². The fourth-order valence-corrected chi connectivity index (χ4v) is 4.24. The number of nitrogens with zero attached hydrogens (tertiary/aromatic N) is 4. The number of likely N-dealkylation sites (tertiary alicyclic amines) is 1. The van der Waals surface area contributed by atoms with E-state index in [4.69, 9.17) is 14.2 Å². The van der Waals surface area contributed by atoms with Gasteiger partial charge in [0.1, 0.15) is 5.52 Å². The van der Waals surface area contributed by atoms with Gasteiger partial charge >= 0.3 is 0 Å². The maximum atomic E-state index is 15.1. The number of pyridine rings is 1. The van der Waals surface area contributed by atoms with E-state index in [-0.39, 0.29) is 22.8 Å². The molecule has 1 fully saturated rings. The highest BCUT2D eigenvalue weighted by molar-refractivity contribution is 5.92. The van der Waals surface area contributed by atoms with Crippen LogP contribution >= 0.6 is 0 Å². The van der Waals surface area contributed by atoms with Gasteiger partial charge in [0.2, 0.25) is 5.95 Å². The number of methoxy groups -OCH3 is 2. The van der Waals surface area contributed by atoms with Gasteiger partial charge in [-0.25, -0.2) is 23.7 Å². The molecular weight excluding hydrogens is 494 g/mol. The molecule has 3 aromatic rings. The van der Waals surface area contributed by atoms with Crippen molar-refractivity contribution in [1.82, 2.24) is 19.9 Å². The zero-order valence-electron chi connectivity index (χ0n) is 23.0. The Morgan fingerprint density at radius 2 is 1.79 bits per heavy atom. The van der Waals surface area contributed by atoms with Gasteiger partial charge in [-0.05, 0) is 45.3 Å². The third-order valence-corrected chi connectivity index (χ3v) is 6.22. The summed E-state index contributed by atoms with van der Waals surface area (Å²) in [5.74, 6) is -0.669. The summed E-state index contributed by atoms with van der Waals surface area (Å²) in [7, 11) is 6.43. The van der Waals surface area contributed by atoms with E-state index in [0.29, 0.717) is 35.1 Å². The van der Waals surface area contributed by atoms with Crippen LogP contribution in [0.4, 0.5) is 20.5 Å². The molecular formula is C27H38F2N6O3. The van der Waals surface area contributed by atoms with Crippen LogP contribution in [0.2, 0.25) is 0 Å². The number of nitrogens with one attached hydrogen (secondary N) is 2. The Balaban J connectivity index is 0.000000599. The van der Waals surface area contributed by atoms with Gasteiger partial charge in [-0.2, -0.15) is 0 Å². The van der Waals surface area contributed by atoms with Gasteiger partial charge in [0.05, 0.1) is 25.5 Å². The van der Waals surface area contributed by atoms with Crippen molar-refractivity contribution in [1.29, 1.82) is 0 Å². The third kappa shape index (κ3) is 6.96. The largest absolute Gasteiger partial charge is 0.494 e. The molecule has 1 aliphatic rings. The first-order valence-electron chi connectivity index (χ1n) is 12.8. The zero-order valence-corrected chi connectivity index (χ0v) is 23.0. The predicted octanol–water partition coefficient (Wildman–Crippen LogP) is 4.83. The second kappa shape index (κ2) is 14.0. The van der Waals surface area contributed by atoms with Crippen molar-refractivity contribution < 1.29 is 23.0 Å². The number of hydrogen-bond donors (Lipinski definition) is 2. The van der Waals surface area contributed by atoms with Gasteiger partial charge in [0.25, 0.3) is 0 Å². The lowest BCUT2D eigenvalue weighted by atomic mass is 10.1. The highest BCUT2D eigenvalue weighted by atomic mass is 19.1. The molecule has 1 unspecified atom stereocenters. The third-order valence-electron chi connectivity index (χ3n) is 6.22. The van der Waals surface area contributed by atoms with Gasteiger partial charge in [-0.15, -0.1) is 0 Å². The smallest absolute Gasteiger partial charge is 0.223 e. The first-order chi connectivity index (χ1) is 18.4. The van der Waals surface area contributed by atoms with Gasteiger partial charge in [0.15, 0.2) is 29.0 Å². The molecule has 9 nitrogen and oxygen atoms in total. The topological polar surface area (TPSA) is 93.7 Å². The summed E-state index contributed by atoms with van der Waals surface area (Å²) in [4.78, 5) is 15.6. The molecule has 1 aromatic carbocycles. The average Bonchev–Trinajstić information content (AvgIpc) is 3.35. The van der Waals surface area contributed by atoms with Crippen LogP contribution in [-0.2, 0) is 4.74 Å². The van der Waals surface area contributed by atoms with Crippen molar-refractivity contribution in [2.24, 2.45) is 5.92 Å². The van der Waals surface area contributed by atoms with E-state index < -0.39 is 11.6 Å². The Kier molecular flexibility index (Phi) is 10.8. The van der Waals surface area contributed by atoms with Crippen LogP contribution < -0.4 is 20.1 Å². The highest BCUT2D eigenvalue weighted by Crippen LogP contribution is 2.38. The minimum absolute atomic E-state index is 0.0940. The molecule has 1 atom stereocenters. The first-order valence-corrected chi connectivity index (χ1v) is 12.8. The Morgan fingerprint density at radius 1 is 1.08 bits per heavy atom. The molecule has 2 N–H and O–H groups in total. The average molecular weight is 533 g/mol. The number of benzene rings is 1. The second-order valence-corrected chi connectivity index (χ2v) is 9.02. The Hall–Kier alpha value is -3.31. The first kappa shape index (κ1) is 29.2. The van der Waals surface area contributed by atoms with Crippen molar-refractivity contribution >= 4 is 22.7 Å². The lowest BCUT2D eigenvalue weighted by Crippen LogP contribution is -2.19. The molecule has 0 bridgehead atoms. The number of ether oxygens (including phenoxy) is 3. The van der Waals surface area contributed by atoms with Crippen LogP contribution in [0.3, 0.4) is 0 Å². The fraction of sp³-hybridized carbons (Fsp3) is 0.519. The maximum absolute atomic E-state index is 15.1. The summed E-state index contributed by atoms with van der Waals surface area (Å²) < 4.78 is 45.4. The monoisotopic (exact) mass is 532 g/mol. The highest BCUT2D eigenvalue weighted by Gasteiger charge is 2.25. The summed E-state index contributed by atoms with van der Waals surface area (Å²) in [6, 6.07) is 2.73. The molecule has 208 valence electrons. The minimum Gasteiger partial charge on any atom is -0.494 e. The van der Waals surface area contributed by atoms with E-state index in [1.807, 2.05) is 6.92 Å². The standard InChI is InChI=1S/C22H26F2N6O2.C5H12O/c1-25-22-27-10-13-7-14(17-18(23)15(31-3)8-16(32-4)19(17)24)28-21(20(13)29-22)26-9-12-5-6-30(2)11-12;1-3-5-6-4-2/h7-8,10,12H,5-6,9,11H2,1-4H3,(H,26,28)(H,25,27,29);3-5H2,1-2H3. The molecule has 2 aromatic heterocycles. The van der Waals surface area contributed by atoms with Gasteiger partial charge in [-0.1, -0.05) is 6.92 Å². The van der Waals surface area contributed by atoms with Crippen LogP contribution in [0.25, 0.3) is 22.2 Å². The normalized spacial score (nSPS) is 15.2. The molecule has 0 radical (unpaired) electrons. The van der Waals surface area contributed by atoms with Gasteiger partial charge in [0, 0.05) is 51.0 Å². The summed E-state index contributed by atoms with van der Waals surface area (Å²) in [5, 5.41) is 6.85. The summed E-state index contributed by atoms with van der Waals surface area (Å²) in [6.45, 7) is 8.56. The summed E-state index contributed by atoms with van der Waals surface area (Å²) in [6.07, 6.45) is 3.79. The Bertz CT molecular complexity index is 1180. The molecule has 4 rings (SSSR count). The fourth-order valence-electron chi connectivity index (χ4n) is 4.24. The van der Waals surface area contributed by atoms with E-state index in [1.54, 1.807) is 19.3 Å². The number of halogens is 2. The second-order valence-electron chi connectivity index (χ2n) is 9.02. The predicted molar refractivity (Wildman–Crippen MR) is 146 cm³/mol. The van der Waals surface area contributed by atoms with Crippen molar-refractivity contribution in [3.63, 3.8) is 0 Å². The van der Waals surface area contributed by atoms with Crippen LogP contribution in [-0.4, -0.2) is 81.0 Å². The molecule has 38 heavy (non-hydrogen) atoms. The van der Waals surface area contributed by atoms with E-state index in [2.05, 4.69) is 44.5 Å². The number of aromatic nitrogens is 3. The summed E-state index contributed by atoms with van der Waals surface area (Å²) in [5.41, 5.74) is 0.330. The van der Waals surface area contributed by atoms with E-state index in [0.717, 1.165) is 39.1 Å². The SMILES string of the molecule is CCCOCC.CNc1ncc2cc(-c3c(F)c(OC)cc(OC)c3F)nc(NCC3CCN(C)C3)c2n1. The van der Waals surface area contributed by atoms with Crippen molar-refractivity contribution in [3.05, 3.63) is 30.0 Å². The minimum atomic E-state index is -0.853. The lowest BCUT2D eigenvalue weighted by molar-refractivity contribution is 0.148. The molecule has 11 heteroatoms. The lowest BCUT2D eigenvalue weighted by Gasteiger charge is -2.16. The van der Waals surface area contributed by atoms with Gasteiger partial charge < -0.3 is 29.7 Å². The molecule has 1 aliphatic heterocycles.